The molecule has 2 aromatic rings. The number of anilines is 1. The zero-order valence-electron chi connectivity index (χ0n) is 11.1. The monoisotopic (exact) mass is 278 g/mol. The fourth-order valence-corrected chi connectivity index (χ4v) is 2.70. The first-order valence-electron chi connectivity index (χ1n) is 6.19. The molecule has 0 bridgehead atoms. The van der Waals surface area contributed by atoms with Gasteiger partial charge in [0.05, 0.1) is 10.6 Å². The van der Waals surface area contributed by atoms with Crippen LogP contribution in [0.3, 0.4) is 0 Å². The van der Waals surface area contributed by atoms with Crippen LogP contribution < -0.4 is 5.32 Å². The van der Waals surface area contributed by atoms with Gasteiger partial charge >= 0.3 is 0 Å². The maximum Gasteiger partial charge on any atom is 0.178 e. The molecule has 0 aliphatic rings. The number of hydrogen-bond donors (Lipinski definition) is 1. The normalized spacial score (nSPS) is 11.5. The van der Waals surface area contributed by atoms with Crippen molar-refractivity contribution in [3.05, 3.63) is 48.3 Å². The van der Waals surface area contributed by atoms with Gasteiger partial charge in [0.1, 0.15) is 0 Å². The van der Waals surface area contributed by atoms with Crippen LogP contribution in [0.25, 0.3) is 0 Å². The van der Waals surface area contributed by atoms with Crippen molar-refractivity contribution in [1.29, 1.82) is 0 Å². The van der Waals surface area contributed by atoms with Crippen molar-refractivity contribution in [2.75, 3.05) is 11.1 Å². The van der Waals surface area contributed by atoms with Crippen LogP contribution in [0.15, 0.2) is 47.6 Å². The fraction of sp³-hybridized carbons (Fsp3) is 0.286. The van der Waals surface area contributed by atoms with Crippen molar-refractivity contribution in [3.63, 3.8) is 0 Å². The zero-order valence-corrected chi connectivity index (χ0v) is 11.9. The molecule has 5 heteroatoms. The number of nitrogens with one attached hydrogen (secondary N) is 1. The van der Waals surface area contributed by atoms with E-state index in [4.69, 9.17) is 0 Å². The van der Waals surface area contributed by atoms with Gasteiger partial charge in [0.2, 0.25) is 0 Å². The van der Waals surface area contributed by atoms with E-state index in [1.807, 2.05) is 30.1 Å². The van der Waals surface area contributed by atoms with Crippen LogP contribution in [0.4, 0.5) is 5.69 Å². The Bertz CT molecular complexity index is 642. The van der Waals surface area contributed by atoms with Gasteiger partial charge < -0.3 is 9.88 Å². The second-order valence-electron chi connectivity index (χ2n) is 4.47. The van der Waals surface area contributed by atoms with Crippen LogP contribution in [0, 0.1) is 0 Å². The summed E-state index contributed by atoms with van der Waals surface area (Å²) in [6.45, 7) is 2.37. The van der Waals surface area contributed by atoms with E-state index in [0.717, 1.165) is 12.2 Å². The summed E-state index contributed by atoms with van der Waals surface area (Å²) in [5.74, 6) is 0.129. The van der Waals surface area contributed by atoms with E-state index in [2.05, 4.69) is 5.32 Å². The van der Waals surface area contributed by atoms with E-state index in [1.54, 1.807) is 31.2 Å². The average molecular weight is 278 g/mol. The average Bonchev–Trinajstić information content (AvgIpc) is 2.83. The van der Waals surface area contributed by atoms with E-state index in [9.17, 15) is 8.42 Å². The largest absolute Gasteiger partial charge is 0.381 e. The number of nitrogens with zero attached hydrogens (tertiary/aromatic N) is 1. The molecular weight excluding hydrogens is 260 g/mol. The van der Waals surface area contributed by atoms with Gasteiger partial charge in [-0.05, 0) is 35.9 Å². The molecule has 19 heavy (non-hydrogen) atoms. The summed E-state index contributed by atoms with van der Waals surface area (Å²) in [5, 5.41) is 3.26. The second-order valence-corrected chi connectivity index (χ2v) is 6.74. The van der Waals surface area contributed by atoms with Gasteiger partial charge in [-0.1, -0.05) is 6.92 Å². The first kappa shape index (κ1) is 13.7. The van der Waals surface area contributed by atoms with Crippen molar-refractivity contribution in [1.82, 2.24) is 4.57 Å². The molecule has 0 amide bonds. The smallest absolute Gasteiger partial charge is 0.178 e. The molecule has 1 aromatic heterocycles. The van der Waals surface area contributed by atoms with Gasteiger partial charge in [0.15, 0.2) is 9.84 Å². The van der Waals surface area contributed by atoms with Crippen molar-refractivity contribution >= 4 is 15.5 Å². The van der Waals surface area contributed by atoms with E-state index >= 15 is 0 Å². The van der Waals surface area contributed by atoms with Crippen LogP contribution in [-0.2, 0) is 23.4 Å². The third-order valence-corrected chi connectivity index (χ3v) is 4.73. The molecule has 102 valence electrons. The van der Waals surface area contributed by atoms with E-state index in [0.29, 0.717) is 4.90 Å². The third kappa shape index (κ3) is 3.38. The number of aromatic nitrogens is 1. The molecule has 2 rings (SSSR count). The minimum absolute atomic E-state index is 0.129. The predicted octanol–water partition coefficient (Wildman–Crippen LogP) is 2.43. The topological polar surface area (TPSA) is 51.1 Å². The number of hydrogen-bond acceptors (Lipinski definition) is 3. The standard InChI is InChI=1S/C14H18N2O2S/c1-3-19(17,18)14-6-4-13(5-7-14)15-10-12-8-9-16(2)11-12/h4-9,11,15H,3,10H2,1-2H3. The highest BCUT2D eigenvalue weighted by molar-refractivity contribution is 7.91. The number of aryl methyl sites for hydroxylation is 1. The molecule has 0 saturated heterocycles. The lowest BCUT2D eigenvalue weighted by molar-refractivity contribution is 0.597. The van der Waals surface area contributed by atoms with E-state index in [1.165, 1.54) is 5.56 Å². The number of benzene rings is 1. The predicted molar refractivity (Wildman–Crippen MR) is 76.9 cm³/mol. The van der Waals surface area contributed by atoms with Gasteiger partial charge in [0, 0.05) is 31.7 Å². The van der Waals surface area contributed by atoms with Crippen LogP contribution in [0.1, 0.15) is 12.5 Å². The summed E-state index contributed by atoms with van der Waals surface area (Å²) < 4.78 is 25.3. The van der Waals surface area contributed by atoms with Crippen molar-refractivity contribution in [3.8, 4) is 0 Å². The van der Waals surface area contributed by atoms with E-state index in [-0.39, 0.29) is 5.75 Å². The molecule has 4 nitrogen and oxygen atoms in total. The summed E-state index contributed by atoms with van der Waals surface area (Å²) in [6.07, 6.45) is 4.04. The highest BCUT2D eigenvalue weighted by atomic mass is 32.2. The fourth-order valence-electron chi connectivity index (χ4n) is 1.82. The Balaban J connectivity index is 2.03. The lowest BCUT2D eigenvalue weighted by Crippen LogP contribution is -2.04. The molecule has 1 N–H and O–H groups in total. The number of rotatable bonds is 5. The lowest BCUT2D eigenvalue weighted by atomic mass is 10.3. The Morgan fingerprint density at radius 3 is 2.37 bits per heavy atom. The summed E-state index contributed by atoms with van der Waals surface area (Å²) >= 11 is 0. The molecule has 0 aliphatic heterocycles. The van der Waals surface area contributed by atoms with Crippen LogP contribution in [0.5, 0.6) is 0 Å². The molecule has 0 aliphatic carbocycles. The zero-order chi connectivity index (χ0) is 13.9. The van der Waals surface area contributed by atoms with Gasteiger partial charge in [0.25, 0.3) is 0 Å². The van der Waals surface area contributed by atoms with Gasteiger partial charge in [-0.3, -0.25) is 0 Å². The lowest BCUT2D eigenvalue weighted by Gasteiger charge is -2.06. The molecule has 0 radical (unpaired) electrons. The minimum Gasteiger partial charge on any atom is -0.381 e. The maximum atomic E-state index is 11.7. The summed E-state index contributed by atoms with van der Waals surface area (Å²) in [7, 11) is -1.13. The van der Waals surface area contributed by atoms with Gasteiger partial charge in [-0.2, -0.15) is 0 Å². The Labute approximate surface area is 114 Å². The Kier molecular flexibility index (Phi) is 3.95. The molecular formula is C14H18N2O2S. The SMILES string of the molecule is CCS(=O)(=O)c1ccc(NCc2ccn(C)c2)cc1. The van der Waals surface area contributed by atoms with Gasteiger partial charge in [-0.25, -0.2) is 8.42 Å². The highest BCUT2D eigenvalue weighted by Gasteiger charge is 2.10. The van der Waals surface area contributed by atoms with Crippen LogP contribution >= 0.6 is 0 Å². The Hall–Kier alpha value is -1.75. The first-order chi connectivity index (χ1) is 9.01. The maximum absolute atomic E-state index is 11.7. The second kappa shape index (κ2) is 5.48. The van der Waals surface area contributed by atoms with E-state index < -0.39 is 9.84 Å². The van der Waals surface area contributed by atoms with Crippen molar-refractivity contribution in [2.24, 2.45) is 7.05 Å². The summed E-state index contributed by atoms with van der Waals surface area (Å²) in [4.78, 5) is 0.375. The molecule has 0 fully saturated rings. The minimum atomic E-state index is -3.11. The van der Waals surface area contributed by atoms with Crippen molar-refractivity contribution in [2.45, 2.75) is 18.4 Å². The summed E-state index contributed by atoms with van der Waals surface area (Å²) in [6, 6.07) is 8.93. The third-order valence-electron chi connectivity index (χ3n) is 2.98. The molecule has 1 aromatic carbocycles. The molecule has 0 spiro atoms. The summed E-state index contributed by atoms with van der Waals surface area (Å²) in [5.41, 5.74) is 2.10. The quantitative estimate of drug-likeness (QED) is 0.914. The number of sulfone groups is 1. The molecule has 0 atom stereocenters. The van der Waals surface area contributed by atoms with Crippen LogP contribution in [-0.4, -0.2) is 18.7 Å². The first-order valence-corrected chi connectivity index (χ1v) is 7.84. The molecule has 0 saturated carbocycles. The Morgan fingerprint density at radius 1 is 1.16 bits per heavy atom. The van der Waals surface area contributed by atoms with Crippen LogP contribution in [0.2, 0.25) is 0 Å². The molecule has 0 unspecified atom stereocenters. The molecule has 1 heterocycles. The van der Waals surface area contributed by atoms with Gasteiger partial charge in [-0.15, -0.1) is 0 Å². The van der Waals surface area contributed by atoms with Crippen molar-refractivity contribution < 1.29 is 8.42 Å². The highest BCUT2D eigenvalue weighted by Crippen LogP contribution is 2.16. The Morgan fingerprint density at radius 2 is 1.84 bits per heavy atom.